The molecule has 0 fully saturated rings. The van der Waals surface area contributed by atoms with Crippen LogP contribution in [0.2, 0.25) is 0 Å². The van der Waals surface area contributed by atoms with Crippen molar-refractivity contribution in [1.29, 1.82) is 0 Å². The van der Waals surface area contributed by atoms with E-state index in [1.807, 2.05) is 6.92 Å². The van der Waals surface area contributed by atoms with Crippen molar-refractivity contribution in [2.45, 2.75) is 19.4 Å². The van der Waals surface area contributed by atoms with Gasteiger partial charge in [0, 0.05) is 12.0 Å². The van der Waals surface area contributed by atoms with Gasteiger partial charge in [0.25, 0.3) is 0 Å². The summed E-state index contributed by atoms with van der Waals surface area (Å²) in [5, 5.41) is 0. The fourth-order valence-corrected chi connectivity index (χ4v) is 1.93. The van der Waals surface area contributed by atoms with E-state index >= 15 is 0 Å². The predicted molar refractivity (Wildman–Crippen MR) is 54.1 cm³/mol. The van der Waals surface area contributed by atoms with Gasteiger partial charge in [0.05, 0.1) is 19.8 Å². The average molecular weight is 211 g/mol. The van der Waals surface area contributed by atoms with Gasteiger partial charge in [-0.25, -0.2) is 4.39 Å². The summed E-state index contributed by atoms with van der Waals surface area (Å²) < 4.78 is 18.8. The van der Waals surface area contributed by atoms with Gasteiger partial charge in [-0.05, 0) is 18.6 Å². The zero-order chi connectivity index (χ0) is 10.8. The maximum Gasteiger partial charge on any atom is 0.165 e. The predicted octanol–water partition coefficient (Wildman–Crippen LogP) is 2.11. The Kier molecular flexibility index (Phi) is 2.88. The van der Waals surface area contributed by atoms with Crippen LogP contribution in [0.25, 0.3) is 0 Å². The highest BCUT2D eigenvalue weighted by molar-refractivity contribution is 5.44. The highest BCUT2D eigenvalue weighted by Gasteiger charge is 2.25. The summed E-state index contributed by atoms with van der Waals surface area (Å²) in [6.07, 6.45) is 0.783. The largest absolute Gasteiger partial charge is 0.490 e. The number of ether oxygens (including phenoxy) is 1. The first-order chi connectivity index (χ1) is 7.24. The molecule has 1 atom stereocenters. The third-order valence-corrected chi connectivity index (χ3v) is 2.63. The summed E-state index contributed by atoms with van der Waals surface area (Å²) in [6.45, 7) is 2.45. The minimum absolute atomic E-state index is 0.00875. The fourth-order valence-electron chi connectivity index (χ4n) is 1.93. The second kappa shape index (κ2) is 4.16. The quantitative estimate of drug-likeness (QED) is 0.760. The van der Waals surface area contributed by atoms with Gasteiger partial charge in [-0.2, -0.15) is 5.48 Å². The Morgan fingerprint density at radius 3 is 3.07 bits per heavy atom. The molecule has 0 bridgehead atoms. The van der Waals surface area contributed by atoms with E-state index in [4.69, 9.17) is 9.57 Å². The maximum absolute atomic E-state index is 13.5. The van der Waals surface area contributed by atoms with Crippen molar-refractivity contribution in [3.05, 3.63) is 29.1 Å². The summed E-state index contributed by atoms with van der Waals surface area (Å²) in [6, 6.07) is 3.20. The van der Waals surface area contributed by atoms with Crippen LogP contribution in [-0.4, -0.2) is 13.7 Å². The van der Waals surface area contributed by atoms with Gasteiger partial charge in [0.1, 0.15) is 0 Å². The Morgan fingerprint density at radius 2 is 2.33 bits per heavy atom. The minimum Gasteiger partial charge on any atom is -0.490 e. The van der Waals surface area contributed by atoms with Gasteiger partial charge in [-0.15, -0.1) is 0 Å². The second-order valence-electron chi connectivity index (χ2n) is 3.62. The van der Waals surface area contributed by atoms with E-state index in [2.05, 4.69) is 5.48 Å². The summed E-state index contributed by atoms with van der Waals surface area (Å²) in [4.78, 5) is 4.91. The molecule has 0 saturated carbocycles. The Balaban J connectivity index is 2.45. The monoisotopic (exact) mass is 211 g/mol. The lowest BCUT2D eigenvalue weighted by Crippen LogP contribution is -2.27. The summed E-state index contributed by atoms with van der Waals surface area (Å²) in [5.74, 6) is 0.0500. The molecule has 2 rings (SSSR count). The molecule has 1 heterocycles. The highest BCUT2D eigenvalue weighted by Crippen LogP contribution is 2.36. The van der Waals surface area contributed by atoms with Crippen molar-refractivity contribution in [3.63, 3.8) is 0 Å². The third-order valence-electron chi connectivity index (χ3n) is 2.63. The highest BCUT2D eigenvalue weighted by atomic mass is 19.1. The molecule has 1 aliphatic rings. The number of benzene rings is 1. The fraction of sp³-hybridized carbons (Fsp3) is 0.455. The summed E-state index contributed by atoms with van der Waals surface area (Å²) in [5.41, 5.74) is 4.74. The molecule has 1 N–H and O–H groups in total. The van der Waals surface area contributed by atoms with Crippen LogP contribution >= 0.6 is 0 Å². The minimum atomic E-state index is -0.307. The van der Waals surface area contributed by atoms with Crippen molar-refractivity contribution < 1.29 is 14.0 Å². The molecule has 0 aliphatic carbocycles. The van der Waals surface area contributed by atoms with Gasteiger partial charge in [-0.1, -0.05) is 6.07 Å². The normalized spacial score (nSPS) is 19.5. The van der Waals surface area contributed by atoms with E-state index in [-0.39, 0.29) is 11.9 Å². The molecule has 1 aromatic carbocycles. The van der Waals surface area contributed by atoms with E-state index in [9.17, 15) is 4.39 Å². The number of hydroxylamine groups is 1. The van der Waals surface area contributed by atoms with Crippen molar-refractivity contribution in [1.82, 2.24) is 5.48 Å². The van der Waals surface area contributed by atoms with Crippen LogP contribution in [0, 0.1) is 12.7 Å². The number of hydrogen-bond donors (Lipinski definition) is 1. The van der Waals surface area contributed by atoms with E-state index in [1.54, 1.807) is 13.2 Å². The smallest absolute Gasteiger partial charge is 0.165 e. The standard InChI is InChI=1S/C11H14FNO2/c1-7-3-4-8(12)11-10(7)9(13-14-2)5-6-15-11/h3-4,9,13H,5-6H2,1-2H3. The zero-order valence-electron chi connectivity index (χ0n) is 8.84. The van der Waals surface area contributed by atoms with Gasteiger partial charge < -0.3 is 9.57 Å². The number of fused-ring (bicyclic) bond motifs is 1. The summed E-state index contributed by atoms with van der Waals surface area (Å²) >= 11 is 0. The van der Waals surface area contributed by atoms with Crippen LogP contribution < -0.4 is 10.2 Å². The number of aryl methyl sites for hydroxylation is 1. The van der Waals surface area contributed by atoms with Gasteiger partial charge in [0.15, 0.2) is 11.6 Å². The van der Waals surface area contributed by atoms with Gasteiger partial charge in [0.2, 0.25) is 0 Å². The first kappa shape index (κ1) is 10.4. The third kappa shape index (κ3) is 1.82. The van der Waals surface area contributed by atoms with E-state index in [1.165, 1.54) is 6.07 Å². The lowest BCUT2D eigenvalue weighted by molar-refractivity contribution is 0.0453. The molecule has 0 amide bonds. The molecule has 1 aromatic rings. The number of halogens is 1. The topological polar surface area (TPSA) is 30.5 Å². The van der Waals surface area contributed by atoms with Crippen LogP contribution in [0.5, 0.6) is 5.75 Å². The Morgan fingerprint density at radius 1 is 1.53 bits per heavy atom. The van der Waals surface area contributed by atoms with E-state index in [0.29, 0.717) is 12.4 Å². The number of nitrogens with one attached hydrogen (secondary N) is 1. The molecule has 15 heavy (non-hydrogen) atoms. The SMILES string of the molecule is CONC1CCOc2c(F)ccc(C)c21. The van der Waals surface area contributed by atoms with Gasteiger partial charge >= 0.3 is 0 Å². The number of rotatable bonds is 2. The zero-order valence-corrected chi connectivity index (χ0v) is 8.84. The maximum atomic E-state index is 13.5. The lowest BCUT2D eigenvalue weighted by atomic mass is 9.96. The molecule has 1 aliphatic heterocycles. The average Bonchev–Trinajstić information content (AvgIpc) is 2.24. The van der Waals surface area contributed by atoms with Crippen LogP contribution in [0.1, 0.15) is 23.6 Å². The van der Waals surface area contributed by atoms with Crippen molar-refractivity contribution in [2.75, 3.05) is 13.7 Å². The number of hydrogen-bond acceptors (Lipinski definition) is 3. The van der Waals surface area contributed by atoms with E-state index in [0.717, 1.165) is 17.5 Å². The van der Waals surface area contributed by atoms with Crippen molar-refractivity contribution in [2.24, 2.45) is 0 Å². The molecule has 1 unspecified atom stereocenters. The van der Waals surface area contributed by atoms with Crippen LogP contribution in [-0.2, 0) is 4.84 Å². The Bertz CT molecular complexity index is 368. The van der Waals surface area contributed by atoms with Crippen LogP contribution in [0.4, 0.5) is 4.39 Å². The Hall–Kier alpha value is -1.13. The Labute approximate surface area is 88.1 Å². The molecule has 0 aromatic heterocycles. The van der Waals surface area contributed by atoms with Crippen molar-refractivity contribution >= 4 is 0 Å². The molecule has 0 saturated heterocycles. The molecule has 4 heteroatoms. The lowest BCUT2D eigenvalue weighted by Gasteiger charge is -2.27. The van der Waals surface area contributed by atoms with Crippen LogP contribution in [0.15, 0.2) is 12.1 Å². The first-order valence-corrected chi connectivity index (χ1v) is 4.94. The molecule has 0 radical (unpaired) electrons. The van der Waals surface area contributed by atoms with Crippen molar-refractivity contribution in [3.8, 4) is 5.75 Å². The van der Waals surface area contributed by atoms with Crippen LogP contribution in [0.3, 0.4) is 0 Å². The molecule has 82 valence electrons. The first-order valence-electron chi connectivity index (χ1n) is 4.94. The molecular formula is C11H14FNO2. The second-order valence-corrected chi connectivity index (χ2v) is 3.62. The molecular weight excluding hydrogens is 197 g/mol. The van der Waals surface area contributed by atoms with Gasteiger partial charge in [-0.3, -0.25) is 0 Å². The molecule has 0 spiro atoms. The summed E-state index contributed by atoms with van der Waals surface area (Å²) in [7, 11) is 1.56. The molecule has 3 nitrogen and oxygen atoms in total. The van der Waals surface area contributed by atoms with E-state index < -0.39 is 0 Å².